The van der Waals surface area contributed by atoms with E-state index in [2.05, 4.69) is 9.97 Å². The molecule has 2 aromatic rings. The van der Waals surface area contributed by atoms with Crippen LogP contribution in [0.1, 0.15) is 29.6 Å². The van der Waals surface area contributed by atoms with Crippen LogP contribution in [-0.2, 0) is 19.4 Å². The average Bonchev–Trinajstić information content (AvgIpc) is 2.53. The lowest BCUT2D eigenvalue weighted by molar-refractivity contribution is 0.619. The minimum absolute atomic E-state index is 0.103. The highest BCUT2D eigenvalue weighted by atomic mass is 19.1. The van der Waals surface area contributed by atoms with E-state index in [0.717, 1.165) is 36.5 Å². The first-order valence-electron chi connectivity index (χ1n) is 7.00. The molecule has 0 amide bonds. The largest absolute Gasteiger partial charge is 0.364 e. The molecular formula is C16H15FN4. The minimum Gasteiger partial charge on any atom is -0.364 e. The summed E-state index contributed by atoms with van der Waals surface area (Å²) in [5.41, 5.74) is 2.85. The van der Waals surface area contributed by atoms with Gasteiger partial charge < -0.3 is 4.90 Å². The van der Waals surface area contributed by atoms with Gasteiger partial charge >= 0.3 is 0 Å². The van der Waals surface area contributed by atoms with Crippen LogP contribution in [0.2, 0.25) is 0 Å². The number of anilines is 1. The zero-order chi connectivity index (χ0) is 14.8. The van der Waals surface area contributed by atoms with Gasteiger partial charge in [-0.1, -0.05) is 13.0 Å². The van der Waals surface area contributed by atoms with Gasteiger partial charge in [0.1, 0.15) is 23.3 Å². The fourth-order valence-electron chi connectivity index (χ4n) is 2.61. The number of halogens is 1. The number of fused-ring (bicyclic) bond motifs is 1. The smallest absolute Gasteiger partial charge is 0.143 e. The summed E-state index contributed by atoms with van der Waals surface area (Å²) in [6.45, 7) is 3.34. The fourth-order valence-corrected chi connectivity index (χ4v) is 2.61. The first kappa shape index (κ1) is 13.5. The van der Waals surface area contributed by atoms with Gasteiger partial charge in [0.05, 0.1) is 17.9 Å². The Balaban J connectivity index is 1.96. The molecule has 21 heavy (non-hydrogen) atoms. The normalized spacial score (nSPS) is 13.7. The third-order valence-electron chi connectivity index (χ3n) is 3.76. The Hall–Kier alpha value is -2.48. The van der Waals surface area contributed by atoms with Crippen molar-refractivity contribution in [3.8, 4) is 6.07 Å². The van der Waals surface area contributed by atoms with Gasteiger partial charge in [0, 0.05) is 19.2 Å². The number of aromatic nitrogens is 2. The van der Waals surface area contributed by atoms with Gasteiger partial charge in [-0.25, -0.2) is 14.4 Å². The third-order valence-corrected chi connectivity index (χ3v) is 3.76. The van der Waals surface area contributed by atoms with Crippen LogP contribution in [0.15, 0.2) is 24.4 Å². The number of benzene rings is 1. The van der Waals surface area contributed by atoms with Crippen LogP contribution < -0.4 is 4.90 Å². The summed E-state index contributed by atoms with van der Waals surface area (Å²) in [5.74, 6) is 0.341. The van der Waals surface area contributed by atoms with E-state index in [1.54, 1.807) is 12.1 Å². The summed E-state index contributed by atoms with van der Waals surface area (Å²) in [7, 11) is 0. The summed E-state index contributed by atoms with van der Waals surface area (Å²) >= 11 is 0. The standard InChI is InChI=1S/C16H15FN4/c1-2-16-19-9-11-6-7-21(10-14(11)20-16)15-5-3-4-13(17)12(15)8-18/h3-5,9H,2,6-7,10H2,1H3. The zero-order valence-electron chi connectivity index (χ0n) is 11.8. The highest BCUT2D eigenvalue weighted by molar-refractivity contribution is 5.60. The van der Waals surface area contributed by atoms with Crippen LogP contribution >= 0.6 is 0 Å². The number of nitriles is 1. The molecule has 0 saturated heterocycles. The Labute approximate surface area is 122 Å². The number of nitrogens with zero attached hydrogens (tertiary/aromatic N) is 4. The molecule has 1 aromatic carbocycles. The topological polar surface area (TPSA) is 52.8 Å². The van der Waals surface area contributed by atoms with E-state index in [0.29, 0.717) is 12.2 Å². The third kappa shape index (κ3) is 2.45. The van der Waals surface area contributed by atoms with Crippen LogP contribution in [0.3, 0.4) is 0 Å². The van der Waals surface area contributed by atoms with Crippen molar-refractivity contribution < 1.29 is 4.39 Å². The van der Waals surface area contributed by atoms with Crippen molar-refractivity contribution in [1.29, 1.82) is 5.26 Å². The molecule has 1 aliphatic heterocycles. The number of hydrogen-bond acceptors (Lipinski definition) is 4. The van der Waals surface area contributed by atoms with Crippen molar-refractivity contribution in [3.05, 3.63) is 52.9 Å². The van der Waals surface area contributed by atoms with E-state index >= 15 is 0 Å². The van der Waals surface area contributed by atoms with Gasteiger partial charge in [-0.3, -0.25) is 0 Å². The van der Waals surface area contributed by atoms with Crippen molar-refractivity contribution in [2.24, 2.45) is 0 Å². The molecule has 0 bridgehead atoms. The van der Waals surface area contributed by atoms with Crippen molar-refractivity contribution in [1.82, 2.24) is 9.97 Å². The summed E-state index contributed by atoms with van der Waals surface area (Å²) < 4.78 is 13.7. The molecule has 0 atom stereocenters. The molecule has 4 nitrogen and oxygen atoms in total. The van der Waals surface area contributed by atoms with Crippen LogP contribution in [0, 0.1) is 17.1 Å². The molecule has 3 rings (SSSR count). The molecule has 0 N–H and O–H groups in total. The highest BCUT2D eigenvalue weighted by Crippen LogP contribution is 2.27. The Morgan fingerprint density at radius 2 is 2.29 bits per heavy atom. The second kappa shape index (κ2) is 5.49. The predicted molar refractivity (Wildman–Crippen MR) is 77.3 cm³/mol. The van der Waals surface area contributed by atoms with E-state index in [1.807, 2.05) is 24.1 Å². The first-order chi connectivity index (χ1) is 10.2. The molecule has 0 fully saturated rings. The summed E-state index contributed by atoms with van der Waals surface area (Å²) in [6, 6.07) is 6.70. The monoisotopic (exact) mass is 282 g/mol. The molecule has 0 saturated carbocycles. The van der Waals surface area contributed by atoms with E-state index in [-0.39, 0.29) is 5.56 Å². The lowest BCUT2D eigenvalue weighted by Gasteiger charge is -2.30. The van der Waals surface area contributed by atoms with Crippen LogP contribution in [0.4, 0.5) is 10.1 Å². The molecule has 1 aliphatic rings. The Morgan fingerprint density at radius 3 is 3.05 bits per heavy atom. The van der Waals surface area contributed by atoms with E-state index in [1.165, 1.54) is 6.07 Å². The lowest BCUT2D eigenvalue weighted by atomic mass is 10.0. The van der Waals surface area contributed by atoms with Gasteiger partial charge in [0.15, 0.2) is 0 Å². The number of hydrogen-bond donors (Lipinski definition) is 0. The van der Waals surface area contributed by atoms with Crippen molar-refractivity contribution in [3.63, 3.8) is 0 Å². The Bertz CT molecular complexity index is 721. The first-order valence-corrected chi connectivity index (χ1v) is 7.00. The quantitative estimate of drug-likeness (QED) is 0.849. The fraction of sp³-hybridized carbons (Fsp3) is 0.312. The van der Waals surface area contributed by atoms with Crippen molar-refractivity contribution >= 4 is 5.69 Å². The van der Waals surface area contributed by atoms with E-state index < -0.39 is 5.82 Å². The van der Waals surface area contributed by atoms with Gasteiger partial charge in [0.25, 0.3) is 0 Å². The predicted octanol–water partition coefficient (Wildman–Crippen LogP) is 2.61. The second-order valence-electron chi connectivity index (χ2n) is 5.03. The Morgan fingerprint density at radius 1 is 1.43 bits per heavy atom. The van der Waals surface area contributed by atoms with Crippen LogP contribution in [0.5, 0.6) is 0 Å². The molecule has 2 heterocycles. The van der Waals surface area contributed by atoms with Gasteiger partial charge in [-0.15, -0.1) is 0 Å². The average molecular weight is 282 g/mol. The SMILES string of the molecule is CCc1ncc2c(n1)CN(c1cccc(F)c1C#N)CC2. The molecule has 106 valence electrons. The number of rotatable bonds is 2. The summed E-state index contributed by atoms with van der Waals surface area (Å²) in [4.78, 5) is 10.9. The lowest BCUT2D eigenvalue weighted by Crippen LogP contribution is -2.32. The molecule has 0 unspecified atom stereocenters. The highest BCUT2D eigenvalue weighted by Gasteiger charge is 2.21. The molecule has 0 radical (unpaired) electrons. The van der Waals surface area contributed by atoms with E-state index in [9.17, 15) is 4.39 Å². The van der Waals surface area contributed by atoms with Gasteiger partial charge in [-0.2, -0.15) is 5.26 Å². The van der Waals surface area contributed by atoms with Crippen molar-refractivity contribution in [2.75, 3.05) is 11.4 Å². The summed E-state index contributed by atoms with van der Waals surface area (Å²) in [5, 5.41) is 9.17. The van der Waals surface area contributed by atoms with Gasteiger partial charge in [-0.05, 0) is 24.1 Å². The van der Waals surface area contributed by atoms with Crippen LogP contribution in [0.25, 0.3) is 0 Å². The molecule has 0 aliphatic carbocycles. The maximum atomic E-state index is 13.7. The van der Waals surface area contributed by atoms with E-state index in [4.69, 9.17) is 5.26 Å². The zero-order valence-corrected chi connectivity index (χ0v) is 11.8. The Kier molecular flexibility index (Phi) is 3.53. The van der Waals surface area contributed by atoms with Gasteiger partial charge in [0.2, 0.25) is 0 Å². The molecule has 1 aromatic heterocycles. The maximum Gasteiger partial charge on any atom is 0.143 e. The molecular weight excluding hydrogens is 267 g/mol. The second-order valence-corrected chi connectivity index (χ2v) is 5.03. The minimum atomic E-state index is -0.474. The van der Waals surface area contributed by atoms with Crippen LogP contribution in [-0.4, -0.2) is 16.5 Å². The molecule has 5 heteroatoms. The molecule has 0 spiro atoms. The number of aryl methyl sites for hydroxylation is 1. The van der Waals surface area contributed by atoms with Crippen molar-refractivity contribution in [2.45, 2.75) is 26.3 Å². The summed E-state index contributed by atoms with van der Waals surface area (Å²) in [6.07, 6.45) is 3.48. The maximum absolute atomic E-state index is 13.7.